The van der Waals surface area contributed by atoms with Crippen molar-refractivity contribution in [3.8, 4) is 11.5 Å². The third-order valence-electron chi connectivity index (χ3n) is 2.87. The smallest absolute Gasteiger partial charge is 0.169 e. The SMILES string of the molecule is Nc1ccc(C(=O)Cc2nc(-c3ccco3)cs2)cc1. The lowest BCUT2D eigenvalue weighted by Gasteiger charge is -1.99. The molecule has 20 heavy (non-hydrogen) atoms. The van der Waals surface area contributed by atoms with E-state index in [2.05, 4.69) is 4.98 Å². The lowest BCUT2D eigenvalue weighted by Crippen LogP contribution is -2.03. The highest BCUT2D eigenvalue weighted by Gasteiger charge is 2.12. The Labute approximate surface area is 119 Å². The lowest BCUT2D eigenvalue weighted by atomic mass is 10.1. The van der Waals surface area contributed by atoms with Crippen LogP contribution in [0.1, 0.15) is 15.4 Å². The van der Waals surface area contributed by atoms with Crippen molar-refractivity contribution in [1.29, 1.82) is 0 Å². The Morgan fingerprint density at radius 1 is 1.25 bits per heavy atom. The number of aromatic nitrogens is 1. The largest absolute Gasteiger partial charge is 0.463 e. The monoisotopic (exact) mass is 284 g/mol. The van der Waals surface area contributed by atoms with Gasteiger partial charge in [-0.3, -0.25) is 4.79 Å². The predicted octanol–water partition coefficient (Wildman–Crippen LogP) is 3.41. The van der Waals surface area contributed by atoms with Gasteiger partial charge in [0.15, 0.2) is 11.5 Å². The summed E-state index contributed by atoms with van der Waals surface area (Å²) in [6.45, 7) is 0. The molecular formula is C15H12N2O2S. The van der Waals surface area contributed by atoms with Crippen molar-refractivity contribution in [1.82, 2.24) is 4.98 Å². The Balaban J connectivity index is 1.75. The number of rotatable bonds is 4. The summed E-state index contributed by atoms with van der Waals surface area (Å²) in [7, 11) is 0. The molecule has 0 aliphatic heterocycles. The molecule has 2 N–H and O–H groups in total. The fourth-order valence-electron chi connectivity index (χ4n) is 1.84. The Bertz CT molecular complexity index is 715. The maximum Gasteiger partial charge on any atom is 0.169 e. The number of ketones is 1. The van der Waals surface area contributed by atoms with E-state index in [0.717, 1.165) is 10.7 Å². The van der Waals surface area contributed by atoms with Crippen molar-refractivity contribution in [2.24, 2.45) is 0 Å². The minimum absolute atomic E-state index is 0.0327. The van der Waals surface area contributed by atoms with Crippen molar-refractivity contribution < 1.29 is 9.21 Å². The Morgan fingerprint density at radius 2 is 2.05 bits per heavy atom. The first kappa shape index (κ1) is 12.6. The van der Waals surface area contributed by atoms with Gasteiger partial charge in [0.2, 0.25) is 0 Å². The summed E-state index contributed by atoms with van der Waals surface area (Å²) in [4.78, 5) is 16.5. The number of nitrogen functional groups attached to an aromatic ring is 1. The molecule has 2 heterocycles. The molecule has 0 aliphatic rings. The van der Waals surface area contributed by atoms with Crippen LogP contribution >= 0.6 is 11.3 Å². The van der Waals surface area contributed by atoms with Gasteiger partial charge in [0.05, 0.1) is 12.7 Å². The van der Waals surface area contributed by atoms with Gasteiger partial charge in [-0.2, -0.15) is 0 Å². The average Bonchev–Trinajstić information content (AvgIpc) is 3.09. The van der Waals surface area contributed by atoms with Crippen LogP contribution in [0, 0.1) is 0 Å². The second-order valence-electron chi connectivity index (χ2n) is 4.33. The summed E-state index contributed by atoms with van der Waals surface area (Å²) in [6, 6.07) is 10.6. The number of thiazole rings is 1. The predicted molar refractivity (Wildman–Crippen MR) is 78.7 cm³/mol. The second-order valence-corrected chi connectivity index (χ2v) is 5.27. The topological polar surface area (TPSA) is 69.1 Å². The first-order valence-corrected chi connectivity index (χ1v) is 6.97. The van der Waals surface area contributed by atoms with Crippen molar-refractivity contribution in [3.05, 3.63) is 58.6 Å². The molecule has 0 radical (unpaired) electrons. The molecule has 4 nitrogen and oxygen atoms in total. The molecule has 0 fully saturated rings. The van der Waals surface area contributed by atoms with E-state index in [9.17, 15) is 4.79 Å². The second kappa shape index (κ2) is 5.30. The van der Waals surface area contributed by atoms with Crippen molar-refractivity contribution in [2.45, 2.75) is 6.42 Å². The van der Waals surface area contributed by atoms with E-state index in [0.29, 0.717) is 17.0 Å². The van der Waals surface area contributed by atoms with Crippen LogP contribution in [0.15, 0.2) is 52.5 Å². The van der Waals surface area contributed by atoms with Gasteiger partial charge in [0.1, 0.15) is 10.7 Å². The standard InChI is InChI=1S/C15H12N2O2S/c16-11-5-3-10(4-6-11)13(18)8-15-17-12(9-20-15)14-2-1-7-19-14/h1-7,9H,8,16H2. The number of hydrogen-bond acceptors (Lipinski definition) is 5. The zero-order valence-corrected chi connectivity index (χ0v) is 11.4. The normalized spacial score (nSPS) is 10.6. The quantitative estimate of drug-likeness (QED) is 0.589. The first-order valence-electron chi connectivity index (χ1n) is 6.09. The highest BCUT2D eigenvalue weighted by Crippen LogP contribution is 2.23. The van der Waals surface area contributed by atoms with Crippen LogP contribution in [0.3, 0.4) is 0 Å². The van der Waals surface area contributed by atoms with Crippen molar-refractivity contribution >= 4 is 22.8 Å². The summed E-state index contributed by atoms with van der Waals surface area (Å²) in [5.74, 6) is 0.748. The number of carbonyl (C=O) groups excluding carboxylic acids is 1. The van der Waals surface area contributed by atoms with E-state index < -0.39 is 0 Å². The molecule has 0 atom stereocenters. The third kappa shape index (κ3) is 2.62. The maximum atomic E-state index is 12.1. The van der Waals surface area contributed by atoms with Gasteiger partial charge in [-0.05, 0) is 36.4 Å². The summed E-state index contributed by atoms with van der Waals surface area (Å²) in [5, 5.41) is 2.67. The fourth-order valence-corrected chi connectivity index (χ4v) is 2.62. The number of anilines is 1. The minimum Gasteiger partial charge on any atom is -0.463 e. The van der Waals surface area contributed by atoms with Gasteiger partial charge in [-0.15, -0.1) is 11.3 Å². The molecule has 0 saturated heterocycles. The van der Waals surface area contributed by atoms with Gasteiger partial charge in [-0.1, -0.05) is 0 Å². The molecule has 3 aromatic rings. The van der Waals surface area contributed by atoms with Gasteiger partial charge in [0, 0.05) is 16.6 Å². The maximum absolute atomic E-state index is 12.1. The molecular weight excluding hydrogens is 272 g/mol. The third-order valence-corrected chi connectivity index (χ3v) is 3.72. The van der Waals surface area contributed by atoms with Crippen LogP contribution in [-0.4, -0.2) is 10.8 Å². The van der Waals surface area contributed by atoms with Gasteiger partial charge >= 0.3 is 0 Å². The Hall–Kier alpha value is -2.40. The van der Waals surface area contributed by atoms with E-state index in [1.54, 1.807) is 30.5 Å². The average molecular weight is 284 g/mol. The first-order chi connectivity index (χ1) is 9.72. The van der Waals surface area contributed by atoms with Crippen LogP contribution in [0.25, 0.3) is 11.5 Å². The molecule has 5 heteroatoms. The zero-order valence-electron chi connectivity index (χ0n) is 10.6. The summed E-state index contributed by atoms with van der Waals surface area (Å²) in [6.07, 6.45) is 1.89. The number of furan rings is 1. The molecule has 0 bridgehead atoms. The zero-order chi connectivity index (χ0) is 13.9. The molecule has 2 aromatic heterocycles. The highest BCUT2D eigenvalue weighted by molar-refractivity contribution is 7.10. The Kier molecular flexibility index (Phi) is 3.35. The number of nitrogens with zero attached hydrogens (tertiary/aromatic N) is 1. The van der Waals surface area contributed by atoms with Crippen LogP contribution in [0.2, 0.25) is 0 Å². The lowest BCUT2D eigenvalue weighted by molar-refractivity contribution is 0.0993. The number of nitrogens with two attached hydrogens (primary N) is 1. The molecule has 0 spiro atoms. The molecule has 0 saturated carbocycles. The highest BCUT2D eigenvalue weighted by atomic mass is 32.1. The van der Waals surface area contributed by atoms with E-state index in [1.807, 2.05) is 17.5 Å². The van der Waals surface area contributed by atoms with E-state index in [-0.39, 0.29) is 12.2 Å². The number of Topliss-reactive ketones (excluding diaryl/α,β-unsaturated/α-hetero) is 1. The molecule has 0 unspecified atom stereocenters. The van der Waals surface area contributed by atoms with E-state index >= 15 is 0 Å². The number of carbonyl (C=O) groups is 1. The van der Waals surface area contributed by atoms with E-state index in [4.69, 9.17) is 10.2 Å². The van der Waals surface area contributed by atoms with Crippen LogP contribution < -0.4 is 5.73 Å². The summed E-state index contributed by atoms with van der Waals surface area (Å²) in [5.41, 5.74) is 7.67. The van der Waals surface area contributed by atoms with Crippen molar-refractivity contribution in [2.75, 3.05) is 5.73 Å². The Morgan fingerprint density at radius 3 is 2.75 bits per heavy atom. The van der Waals surface area contributed by atoms with E-state index in [1.165, 1.54) is 11.3 Å². The molecule has 0 amide bonds. The van der Waals surface area contributed by atoms with Gasteiger partial charge in [0.25, 0.3) is 0 Å². The molecule has 1 aromatic carbocycles. The van der Waals surface area contributed by atoms with Gasteiger partial charge in [-0.25, -0.2) is 4.98 Å². The minimum atomic E-state index is 0.0327. The molecule has 100 valence electrons. The summed E-state index contributed by atoms with van der Waals surface area (Å²) < 4.78 is 5.28. The fraction of sp³-hybridized carbons (Fsp3) is 0.0667. The number of hydrogen-bond donors (Lipinski definition) is 1. The van der Waals surface area contributed by atoms with Gasteiger partial charge < -0.3 is 10.2 Å². The molecule has 0 aliphatic carbocycles. The van der Waals surface area contributed by atoms with Crippen molar-refractivity contribution in [3.63, 3.8) is 0 Å². The molecule has 3 rings (SSSR count). The van der Waals surface area contributed by atoms with Crippen LogP contribution in [0.5, 0.6) is 0 Å². The number of benzene rings is 1. The van der Waals surface area contributed by atoms with Crippen LogP contribution in [0.4, 0.5) is 5.69 Å². The van der Waals surface area contributed by atoms with Crippen LogP contribution in [-0.2, 0) is 6.42 Å². The summed E-state index contributed by atoms with van der Waals surface area (Å²) >= 11 is 1.46.